The minimum absolute atomic E-state index is 0.725. The maximum atomic E-state index is 2.63. The molecule has 0 amide bonds. The van der Waals surface area contributed by atoms with E-state index in [2.05, 4.69) is 25.7 Å². The van der Waals surface area contributed by atoms with Gasteiger partial charge in [-0.15, -0.1) is 0 Å². The lowest BCUT2D eigenvalue weighted by Crippen LogP contribution is -2.51. The maximum Gasteiger partial charge on any atom is -0.00133 e. The van der Waals surface area contributed by atoms with Gasteiger partial charge >= 0.3 is 0 Å². The van der Waals surface area contributed by atoms with Crippen LogP contribution in [-0.2, 0) is 0 Å². The van der Waals surface area contributed by atoms with E-state index in [1.54, 1.807) is 0 Å². The predicted molar refractivity (Wildman–Crippen MR) is 56.7 cm³/mol. The third-order valence-corrected chi connectivity index (χ3v) is 4.74. The lowest BCUT2D eigenvalue weighted by Gasteiger charge is -2.52. The van der Waals surface area contributed by atoms with Gasteiger partial charge in [0.25, 0.3) is 0 Å². The molecule has 3 heterocycles. The summed E-state index contributed by atoms with van der Waals surface area (Å²) in [6.45, 7) is 11.4. The Labute approximate surface area is 82.5 Å². The van der Waals surface area contributed by atoms with Crippen molar-refractivity contribution in [2.24, 2.45) is 17.3 Å². The summed E-state index contributed by atoms with van der Waals surface area (Å²) < 4.78 is 0. The van der Waals surface area contributed by atoms with Gasteiger partial charge in [0, 0.05) is 0 Å². The molecule has 3 fully saturated rings. The van der Waals surface area contributed by atoms with Gasteiger partial charge in [0.05, 0.1) is 0 Å². The summed E-state index contributed by atoms with van der Waals surface area (Å²) in [5, 5.41) is 0. The number of fused-ring (bicyclic) bond motifs is 3. The molecule has 2 bridgehead atoms. The van der Waals surface area contributed by atoms with E-state index in [0.29, 0.717) is 0 Å². The van der Waals surface area contributed by atoms with Crippen LogP contribution in [0.1, 0.15) is 40.0 Å². The third-order valence-electron chi connectivity index (χ3n) is 4.74. The monoisotopic (exact) mass is 181 g/mol. The third kappa shape index (κ3) is 1.52. The van der Waals surface area contributed by atoms with Crippen LogP contribution in [0.25, 0.3) is 0 Å². The van der Waals surface area contributed by atoms with E-state index in [4.69, 9.17) is 0 Å². The molecule has 0 saturated carbocycles. The zero-order valence-electron chi connectivity index (χ0n) is 9.34. The minimum atomic E-state index is 0.725. The first-order chi connectivity index (χ1) is 6.14. The van der Waals surface area contributed by atoms with Crippen molar-refractivity contribution in [3.05, 3.63) is 0 Å². The zero-order chi connectivity index (χ0) is 9.47. The van der Waals surface area contributed by atoms with Gasteiger partial charge in [-0.1, -0.05) is 20.8 Å². The van der Waals surface area contributed by atoms with E-state index >= 15 is 0 Å². The number of piperidine rings is 3. The Morgan fingerprint density at radius 1 is 0.923 bits per heavy atom. The predicted octanol–water partition coefficient (Wildman–Crippen LogP) is 2.76. The average Bonchev–Trinajstić information content (AvgIpc) is 2.19. The van der Waals surface area contributed by atoms with Crippen LogP contribution in [0.15, 0.2) is 0 Å². The number of nitrogens with zero attached hydrogens (tertiary/aromatic N) is 1. The highest BCUT2D eigenvalue weighted by molar-refractivity contribution is 4.95. The van der Waals surface area contributed by atoms with E-state index < -0.39 is 0 Å². The molecule has 3 rings (SSSR count). The van der Waals surface area contributed by atoms with Gasteiger partial charge in [-0.05, 0) is 56.1 Å². The fourth-order valence-corrected chi connectivity index (χ4v) is 3.24. The van der Waals surface area contributed by atoms with Crippen LogP contribution in [0.5, 0.6) is 0 Å². The quantitative estimate of drug-likeness (QED) is 0.633. The van der Waals surface area contributed by atoms with Crippen LogP contribution in [-0.4, -0.2) is 24.5 Å². The molecule has 1 atom stereocenters. The minimum Gasteiger partial charge on any atom is -0.303 e. The number of hydrogen-bond acceptors (Lipinski definition) is 1. The van der Waals surface area contributed by atoms with E-state index in [-0.39, 0.29) is 0 Å². The van der Waals surface area contributed by atoms with Crippen molar-refractivity contribution in [2.45, 2.75) is 40.0 Å². The van der Waals surface area contributed by atoms with Crippen molar-refractivity contribution >= 4 is 0 Å². The highest BCUT2D eigenvalue weighted by atomic mass is 15.1. The first-order valence-electron chi connectivity index (χ1n) is 5.86. The van der Waals surface area contributed by atoms with Crippen molar-refractivity contribution < 1.29 is 0 Å². The topological polar surface area (TPSA) is 3.24 Å². The van der Waals surface area contributed by atoms with Gasteiger partial charge < -0.3 is 4.90 Å². The SMILES string of the molecule is CC(C)C(C)C12CCN(CC1)CC2. The summed E-state index contributed by atoms with van der Waals surface area (Å²) in [6.07, 6.45) is 4.39. The average molecular weight is 181 g/mol. The molecular weight excluding hydrogens is 158 g/mol. The van der Waals surface area contributed by atoms with E-state index in [1.807, 2.05) is 0 Å². The smallest absolute Gasteiger partial charge is 0.00133 e. The van der Waals surface area contributed by atoms with Crippen LogP contribution in [0.2, 0.25) is 0 Å². The maximum absolute atomic E-state index is 2.63. The number of hydrogen-bond donors (Lipinski definition) is 0. The molecule has 3 aliphatic rings. The van der Waals surface area contributed by atoms with Gasteiger partial charge in [-0.25, -0.2) is 0 Å². The molecular formula is C12H23N. The first kappa shape index (κ1) is 9.51. The van der Waals surface area contributed by atoms with E-state index in [9.17, 15) is 0 Å². The van der Waals surface area contributed by atoms with Crippen molar-refractivity contribution in [2.75, 3.05) is 19.6 Å². The molecule has 0 spiro atoms. The van der Waals surface area contributed by atoms with Crippen molar-refractivity contribution in [1.82, 2.24) is 4.90 Å². The highest BCUT2D eigenvalue weighted by Crippen LogP contribution is 2.48. The summed E-state index contributed by atoms with van der Waals surface area (Å²) in [6, 6.07) is 0. The van der Waals surface area contributed by atoms with Crippen LogP contribution in [0.3, 0.4) is 0 Å². The molecule has 3 aliphatic heterocycles. The summed E-state index contributed by atoms with van der Waals surface area (Å²) in [5.41, 5.74) is 0.725. The van der Waals surface area contributed by atoms with E-state index in [1.165, 1.54) is 38.9 Å². The molecule has 0 N–H and O–H groups in total. The summed E-state index contributed by atoms with van der Waals surface area (Å²) in [5.74, 6) is 1.79. The lowest BCUT2D eigenvalue weighted by atomic mass is 9.61. The van der Waals surface area contributed by atoms with E-state index in [0.717, 1.165) is 17.3 Å². The molecule has 0 aromatic heterocycles. The Morgan fingerprint density at radius 3 is 1.77 bits per heavy atom. The second-order valence-electron chi connectivity index (χ2n) is 5.49. The van der Waals surface area contributed by atoms with Gasteiger partial charge in [0.15, 0.2) is 0 Å². The summed E-state index contributed by atoms with van der Waals surface area (Å²) in [4.78, 5) is 2.63. The summed E-state index contributed by atoms with van der Waals surface area (Å²) in [7, 11) is 0. The highest BCUT2D eigenvalue weighted by Gasteiger charge is 2.43. The lowest BCUT2D eigenvalue weighted by molar-refractivity contribution is -0.0281. The van der Waals surface area contributed by atoms with Gasteiger partial charge in [-0.3, -0.25) is 0 Å². The molecule has 0 aliphatic carbocycles. The van der Waals surface area contributed by atoms with Crippen LogP contribution in [0.4, 0.5) is 0 Å². The summed E-state index contributed by atoms with van der Waals surface area (Å²) >= 11 is 0. The Morgan fingerprint density at radius 2 is 1.38 bits per heavy atom. The standard InChI is InChI=1S/C12H23N/c1-10(2)11(3)12-4-7-13(8-5-12)9-6-12/h10-11H,4-9H2,1-3H3. The molecule has 1 heteroatoms. The van der Waals surface area contributed by atoms with Crippen LogP contribution < -0.4 is 0 Å². The second kappa shape index (κ2) is 3.27. The van der Waals surface area contributed by atoms with Crippen LogP contribution >= 0.6 is 0 Å². The first-order valence-corrected chi connectivity index (χ1v) is 5.86. The Hall–Kier alpha value is -0.0400. The van der Waals surface area contributed by atoms with Crippen LogP contribution in [0, 0.1) is 17.3 Å². The molecule has 13 heavy (non-hydrogen) atoms. The van der Waals surface area contributed by atoms with Crippen molar-refractivity contribution in [1.29, 1.82) is 0 Å². The molecule has 1 unspecified atom stereocenters. The fraction of sp³-hybridized carbons (Fsp3) is 1.00. The normalized spacial score (nSPS) is 41.1. The molecule has 0 aromatic carbocycles. The second-order valence-corrected chi connectivity index (χ2v) is 5.49. The number of rotatable bonds is 2. The van der Waals surface area contributed by atoms with Crippen molar-refractivity contribution in [3.8, 4) is 0 Å². The molecule has 3 saturated heterocycles. The molecule has 0 radical (unpaired) electrons. The Balaban J connectivity index is 2.09. The molecule has 0 aromatic rings. The van der Waals surface area contributed by atoms with Gasteiger partial charge in [0.1, 0.15) is 0 Å². The van der Waals surface area contributed by atoms with Gasteiger partial charge in [-0.2, -0.15) is 0 Å². The molecule has 76 valence electrons. The Kier molecular flexibility index (Phi) is 2.39. The fourth-order valence-electron chi connectivity index (χ4n) is 3.24. The Bertz CT molecular complexity index is 164. The largest absolute Gasteiger partial charge is 0.303 e. The van der Waals surface area contributed by atoms with Crippen molar-refractivity contribution in [3.63, 3.8) is 0 Å². The van der Waals surface area contributed by atoms with Gasteiger partial charge in [0.2, 0.25) is 0 Å². The molecule has 1 nitrogen and oxygen atoms in total. The zero-order valence-corrected chi connectivity index (χ0v) is 9.34.